The van der Waals surface area contributed by atoms with Crippen molar-refractivity contribution in [3.63, 3.8) is 0 Å². The van der Waals surface area contributed by atoms with Gasteiger partial charge in [0.1, 0.15) is 30.3 Å². The van der Waals surface area contributed by atoms with Gasteiger partial charge in [0.05, 0.1) is 19.1 Å². The molecule has 14 heteroatoms. The molecule has 7 nitrogen and oxygen atoms in total. The summed E-state index contributed by atoms with van der Waals surface area (Å²) in [6.07, 6.45) is -6.77. The number of halogens is 7. The normalized spacial score (nSPS) is 24.8. The number of alkyl halides is 5. The van der Waals surface area contributed by atoms with Crippen LogP contribution in [0.4, 0.5) is 30.7 Å². The molecule has 0 aliphatic heterocycles. The second kappa shape index (κ2) is 9.15. The minimum absolute atomic E-state index is 0.0295. The van der Waals surface area contributed by atoms with Gasteiger partial charge in [-0.1, -0.05) is 12.1 Å². The van der Waals surface area contributed by atoms with Crippen molar-refractivity contribution in [2.45, 2.75) is 61.4 Å². The number of aromatic nitrogens is 4. The number of hydrogen-bond donors (Lipinski definition) is 2. The van der Waals surface area contributed by atoms with Crippen molar-refractivity contribution in [1.82, 2.24) is 20.2 Å². The molecule has 2 N–H and O–H groups in total. The average Bonchev–Trinajstić information content (AvgIpc) is 3.28. The van der Waals surface area contributed by atoms with E-state index in [4.69, 9.17) is 4.74 Å². The Morgan fingerprint density at radius 2 is 1.67 bits per heavy atom. The summed E-state index contributed by atoms with van der Waals surface area (Å²) in [6, 6.07) is 8.17. The van der Waals surface area contributed by atoms with E-state index < -0.39 is 71.4 Å². The Morgan fingerprint density at radius 1 is 1.00 bits per heavy atom. The van der Waals surface area contributed by atoms with Crippen molar-refractivity contribution in [1.29, 1.82) is 0 Å². The van der Waals surface area contributed by atoms with E-state index in [2.05, 4.69) is 15.5 Å². The standard InChI is InChI=1S/C25H23F7N4O3/c26-16-3-6-19(20(27)7-16)23(38,13-36-14-33-34-35-36)25(31,32)22-10-21(11-22,12-22)15-1-4-18(5-2-15)39-9-17(37)8-24(28,29)30/h1-7,14,17,37-38H,8-13H2/t17-,21?,22?,23-/m1/s1. The van der Waals surface area contributed by atoms with Crippen LogP contribution in [0.25, 0.3) is 0 Å². The van der Waals surface area contributed by atoms with Gasteiger partial charge in [0.2, 0.25) is 0 Å². The number of hydrogen-bond acceptors (Lipinski definition) is 6. The predicted molar refractivity (Wildman–Crippen MR) is 120 cm³/mol. The van der Waals surface area contributed by atoms with Crippen LogP contribution >= 0.6 is 0 Å². The molecule has 0 saturated heterocycles. The van der Waals surface area contributed by atoms with Crippen molar-refractivity contribution in [2.75, 3.05) is 6.61 Å². The highest BCUT2D eigenvalue weighted by molar-refractivity contribution is 5.44. The third-order valence-electron chi connectivity index (χ3n) is 7.75. The van der Waals surface area contributed by atoms with E-state index in [0.29, 0.717) is 11.6 Å². The van der Waals surface area contributed by atoms with E-state index >= 15 is 8.78 Å². The first-order valence-corrected chi connectivity index (χ1v) is 11.9. The Bertz CT molecular complexity index is 1310. The lowest BCUT2D eigenvalue weighted by molar-refractivity contribution is -0.347. The molecule has 0 spiro atoms. The zero-order valence-corrected chi connectivity index (χ0v) is 20.2. The maximum atomic E-state index is 16.2. The highest BCUT2D eigenvalue weighted by atomic mass is 19.4. The summed E-state index contributed by atoms with van der Waals surface area (Å²) in [5.74, 6) is -5.99. The van der Waals surface area contributed by atoms with Crippen molar-refractivity contribution in [2.24, 2.45) is 5.41 Å². The lowest BCUT2D eigenvalue weighted by Gasteiger charge is -2.74. The van der Waals surface area contributed by atoms with Crippen LogP contribution in [0, 0.1) is 17.0 Å². The Morgan fingerprint density at radius 3 is 2.23 bits per heavy atom. The van der Waals surface area contributed by atoms with Crippen LogP contribution in [-0.2, 0) is 17.6 Å². The Kier molecular flexibility index (Phi) is 6.41. The molecule has 1 heterocycles. The zero-order valence-electron chi connectivity index (χ0n) is 20.2. The van der Waals surface area contributed by atoms with Gasteiger partial charge in [-0.05, 0) is 64.9 Å². The molecule has 0 radical (unpaired) electrons. The minimum atomic E-state index is -4.53. The maximum absolute atomic E-state index is 16.2. The highest BCUT2D eigenvalue weighted by Gasteiger charge is 2.82. The van der Waals surface area contributed by atoms with Crippen LogP contribution < -0.4 is 4.74 Å². The summed E-state index contributed by atoms with van der Waals surface area (Å²) in [6.45, 7) is -1.45. The number of rotatable bonds is 10. The molecule has 2 atom stereocenters. The summed E-state index contributed by atoms with van der Waals surface area (Å²) >= 11 is 0. The van der Waals surface area contributed by atoms with Gasteiger partial charge in [-0.15, -0.1) is 5.10 Å². The summed E-state index contributed by atoms with van der Waals surface area (Å²) in [7, 11) is 0. The van der Waals surface area contributed by atoms with Gasteiger partial charge in [-0.25, -0.2) is 22.2 Å². The number of tetrazole rings is 1. The maximum Gasteiger partial charge on any atom is 0.391 e. The van der Waals surface area contributed by atoms with Crippen molar-refractivity contribution >= 4 is 0 Å². The fourth-order valence-electron chi connectivity index (χ4n) is 5.95. The zero-order chi connectivity index (χ0) is 28.3. The molecule has 6 rings (SSSR count). The fourth-order valence-corrected chi connectivity index (χ4v) is 5.95. The number of aliphatic hydroxyl groups is 2. The molecule has 3 aliphatic rings. The van der Waals surface area contributed by atoms with Crippen LogP contribution in [-0.4, -0.2) is 55.2 Å². The summed E-state index contributed by atoms with van der Waals surface area (Å²) in [4.78, 5) is 0. The molecule has 3 aromatic rings. The quantitative estimate of drug-likeness (QED) is 0.360. The van der Waals surface area contributed by atoms with Crippen LogP contribution in [0.15, 0.2) is 48.8 Å². The topological polar surface area (TPSA) is 93.3 Å². The lowest BCUT2D eigenvalue weighted by atomic mass is 9.30. The predicted octanol–water partition coefficient (Wildman–Crippen LogP) is 4.29. The lowest BCUT2D eigenvalue weighted by Crippen LogP contribution is -2.76. The highest BCUT2D eigenvalue weighted by Crippen LogP contribution is 2.80. The van der Waals surface area contributed by atoms with Crippen molar-refractivity contribution in [3.8, 4) is 5.75 Å². The van der Waals surface area contributed by atoms with E-state index in [-0.39, 0.29) is 25.0 Å². The van der Waals surface area contributed by atoms with Gasteiger partial charge in [0.15, 0.2) is 5.60 Å². The second-order valence-electron chi connectivity index (χ2n) is 10.5. The minimum Gasteiger partial charge on any atom is -0.491 e. The van der Waals surface area contributed by atoms with E-state index in [1.165, 1.54) is 12.1 Å². The van der Waals surface area contributed by atoms with E-state index in [1.54, 1.807) is 12.1 Å². The first-order valence-electron chi connectivity index (χ1n) is 11.9. The van der Waals surface area contributed by atoms with Crippen LogP contribution in [0.2, 0.25) is 0 Å². The molecule has 39 heavy (non-hydrogen) atoms. The van der Waals surface area contributed by atoms with Gasteiger partial charge >= 0.3 is 6.18 Å². The summed E-state index contributed by atoms with van der Waals surface area (Å²) in [5.41, 5.74) is -5.48. The second-order valence-corrected chi connectivity index (χ2v) is 10.5. The third kappa shape index (κ3) is 4.62. The molecular weight excluding hydrogens is 537 g/mol. The molecular formula is C25H23F7N4O3. The fraction of sp³-hybridized carbons (Fsp3) is 0.480. The first kappa shape index (κ1) is 27.3. The van der Waals surface area contributed by atoms with Gasteiger partial charge in [0, 0.05) is 17.0 Å². The van der Waals surface area contributed by atoms with Gasteiger partial charge < -0.3 is 14.9 Å². The first-order chi connectivity index (χ1) is 18.2. The molecule has 0 unspecified atom stereocenters. The smallest absolute Gasteiger partial charge is 0.391 e. The molecule has 210 valence electrons. The molecule has 3 saturated carbocycles. The number of ether oxygens (including phenoxy) is 1. The van der Waals surface area contributed by atoms with Crippen molar-refractivity contribution < 1.29 is 45.7 Å². The van der Waals surface area contributed by atoms with Crippen LogP contribution in [0.1, 0.15) is 36.8 Å². The molecule has 3 aliphatic carbocycles. The van der Waals surface area contributed by atoms with Crippen molar-refractivity contribution in [3.05, 3.63) is 71.6 Å². The third-order valence-corrected chi connectivity index (χ3v) is 7.75. The molecule has 3 fully saturated rings. The van der Waals surface area contributed by atoms with Gasteiger partial charge in [0.25, 0.3) is 5.92 Å². The Labute approximate surface area is 217 Å². The summed E-state index contributed by atoms with van der Waals surface area (Å²) in [5, 5.41) is 31.1. The Hall–Kier alpha value is -3.26. The van der Waals surface area contributed by atoms with E-state index in [9.17, 15) is 32.2 Å². The number of benzene rings is 2. The Balaban J connectivity index is 1.32. The monoisotopic (exact) mass is 560 g/mol. The number of nitrogens with zero attached hydrogens (tertiary/aromatic N) is 4. The molecule has 2 aromatic carbocycles. The molecule has 0 amide bonds. The largest absolute Gasteiger partial charge is 0.491 e. The average molecular weight is 560 g/mol. The molecule has 1 aromatic heterocycles. The van der Waals surface area contributed by atoms with Crippen LogP contribution in [0.5, 0.6) is 5.75 Å². The van der Waals surface area contributed by atoms with E-state index in [0.717, 1.165) is 23.1 Å². The molecule has 2 bridgehead atoms. The van der Waals surface area contributed by atoms with E-state index in [1.807, 2.05) is 0 Å². The van der Waals surface area contributed by atoms with Crippen LogP contribution in [0.3, 0.4) is 0 Å². The SMILES string of the molecule is O[C@@H](COc1ccc(C23CC(C(F)(F)[C@@](O)(Cn4cnnn4)c4ccc(F)cc4F)(C2)C3)cc1)CC(F)(F)F. The van der Waals surface area contributed by atoms with Gasteiger partial charge in [-0.2, -0.15) is 13.2 Å². The van der Waals surface area contributed by atoms with Gasteiger partial charge in [-0.3, -0.25) is 0 Å². The number of aliphatic hydroxyl groups excluding tert-OH is 1. The summed E-state index contributed by atoms with van der Waals surface area (Å²) < 4.78 is 104.